The van der Waals surface area contributed by atoms with Crippen LogP contribution in [0, 0.1) is 20.8 Å². The Bertz CT molecular complexity index is 1050. The predicted molar refractivity (Wildman–Crippen MR) is 108 cm³/mol. The zero-order chi connectivity index (χ0) is 17.8. The van der Waals surface area contributed by atoms with E-state index < -0.39 is 0 Å². The van der Waals surface area contributed by atoms with Crippen molar-refractivity contribution in [3.8, 4) is 11.1 Å². The van der Waals surface area contributed by atoms with E-state index in [2.05, 4.69) is 56.3 Å². The largest absolute Gasteiger partial charge is 0.462 e. The first-order valence-corrected chi connectivity index (χ1v) is 9.62. The predicted octanol–water partition coefficient (Wildman–Crippen LogP) is 6.45. The van der Waals surface area contributed by atoms with E-state index in [-0.39, 0.29) is 26.2 Å². The van der Waals surface area contributed by atoms with E-state index in [0.29, 0.717) is 0 Å². The molecule has 0 unspecified atom stereocenters. The van der Waals surface area contributed by atoms with Gasteiger partial charge in [0, 0.05) is 32.6 Å². The van der Waals surface area contributed by atoms with Gasteiger partial charge in [0.2, 0.25) is 0 Å². The molecule has 5 rings (SSSR count). The molecule has 0 saturated heterocycles. The molecule has 0 N–H and O–H groups in total. The van der Waals surface area contributed by atoms with Gasteiger partial charge in [0.25, 0.3) is 0 Å². The molecule has 0 aliphatic heterocycles. The first kappa shape index (κ1) is 18.7. The molecule has 2 heteroatoms. The maximum absolute atomic E-state index is 5.91. The summed E-state index contributed by atoms with van der Waals surface area (Å²) in [4.78, 5) is 0. The molecule has 0 saturated carbocycles. The molecule has 1 aromatic heterocycles. The average molecular weight is 432 g/mol. The van der Waals surface area contributed by atoms with E-state index in [4.69, 9.17) is 4.42 Å². The Morgan fingerprint density at radius 2 is 1.63 bits per heavy atom. The fraction of sp³-hybridized carbons (Fsp3) is 0.280. The van der Waals surface area contributed by atoms with Gasteiger partial charge in [0.05, 0.1) is 0 Å². The summed E-state index contributed by atoms with van der Waals surface area (Å²) in [5.41, 5.74) is 12.9. The van der Waals surface area contributed by atoms with Crippen molar-refractivity contribution in [3.05, 3.63) is 81.3 Å². The zero-order valence-corrected chi connectivity index (χ0v) is 18.7. The fourth-order valence-corrected chi connectivity index (χ4v) is 4.78. The molecule has 2 aromatic carbocycles. The number of rotatable bonds is 2. The van der Waals surface area contributed by atoms with Crippen molar-refractivity contribution in [2.75, 3.05) is 0 Å². The van der Waals surface area contributed by atoms with Crippen molar-refractivity contribution < 1.29 is 30.6 Å². The van der Waals surface area contributed by atoms with E-state index >= 15 is 0 Å². The van der Waals surface area contributed by atoms with Gasteiger partial charge in [0.15, 0.2) is 0 Å². The average Bonchev–Trinajstić information content (AvgIpc) is 3.29. The summed E-state index contributed by atoms with van der Waals surface area (Å²) < 4.78 is 5.91. The van der Waals surface area contributed by atoms with Gasteiger partial charge < -0.3 is 4.42 Å². The molecule has 2 aliphatic carbocycles. The number of furan rings is 1. The molecule has 1 heterocycles. The molecule has 0 bridgehead atoms. The van der Waals surface area contributed by atoms with Crippen LogP contribution < -0.4 is 0 Å². The van der Waals surface area contributed by atoms with Crippen molar-refractivity contribution in [1.29, 1.82) is 0 Å². The number of hydrogen-bond acceptors (Lipinski definition) is 1. The van der Waals surface area contributed by atoms with Crippen LogP contribution in [0.2, 0.25) is 0 Å². The van der Waals surface area contributed by atoms with Crippen LogP contribution in [0.25, 0.3) is 22.8 Å². The summed E-state index contributed by atoms with van der Waals surface area (Å²) in [6.45, 7) is 6.42. The van der Waals surface area contributed by atoms with E-state index in [1.807, 2.05) is 6.92 Å². The number of benzene rings is 2. The van der Waals surface area contributed by atoms with E-state index in [1.165, 1.54) is 58.2 Å². The fourth-order valence-electron chi connectivity index (χ4n) is 4.78. The second-order valence-electron chi connectivity index (χ2n) is 7.95. The Balaban J connectivity index is 0.00000180. The van der Waals surface area contributed by atoms with E-state index in [0.717, 1.165) is 17.9 Å². The van der Waals surface area contributed by atoms with Crippen LogP contribution in [0.4, 0.5) is 0 Å². The first-order chi connectivity index (χ1) is 12.6. The summed E-state index contributed by atoms with van der Waals surface area (Å²) in [5, 5.41) is 0. The van der Waals surface area contributed by atoms with Gasteiger partial charge in [-0.15, -0.1) is 0 Å². The van der Waals surface area contributed by atoms with Crippen LogP contribution in [0.3, 0.4) is 0 Å². The third-order valence-electron chi connectivity index (χ3n) is 5.79. The molecule has 2 aliphatic rings. The van der Waals surface area contributed by atoms with Crippen molar-refractivity contribution in [1.82, 2.24) is 0 Å². The second-order valence-corrected chi connectivity index (χ2v) is 7.95. The second kappa shape index (κ2) is 7.06. The Kier molecular flexibility index (Phi) is 4.89. The summed E-state index contributed by atoms with van der Waals surface area (Å²) >= 11 is 0. The Labute approximate surface area is 180 Å². The maximum Gasteiger partial charge on any atom is 0.130 e. The monoisotopic (exact) mass is 430 g/mol. The third-order valence-corrected chi connectivity index (χ3v) is 5.79. The van der Waals surface area contributed by atoms with Crippen LogP contribution in [-0.4, -0.2) is 0 Å². The smallest absolute Gasteiger partial charge is 0.130 e. The summed E-state index contributed by atoms with van der Waals surface area (Å²) in [7, 11) is 0. The van der Waals surface area contributed by atoms with Gasteiger partial charge in [0.1, 0.15) is 11.5 Å². The summed E-state index contributed by atoms with van der Waals surface area (Å²) in [6, 6.07) is 13.6. The van der Waals surface area contributed by atoms with Gasteiger partial charge in [-0.05, 0) is 97.2 Å². The van der Waals surface area contributed by atoms with Crippen LogP contribution in [0.15, 0.2) is 40.8 Å². The van der Waals surface area contributed by atoms with Crippen LogP contribution in [-0.2, 0) is 45.5 Å². The molecule has 0 atom stereocenters. The van der Waals surface area contributed by atoms with Gasteiger partial charge in [-0.2, -0.15) is 0 Å². The van der Waals surface area contributed by atoms with Crippen LogP contribution >= 0.6 is 0 Å². The third kappa shape index (κ3) is 3.23. The molecular weight excluding hydrogens is 407 g/mol. The summed E-state index contributed by atoms with van der Waals surface area (Å²) in [5.74, 6) is 2.00. The number of fused-ring (bicyclic) bond motifs is 2. The standard InChI is InChI=1S/C25H24O.Zr/c1-15-9-16(2)11-21(10-15)25-22-6-4-5-18(22)12-19-13-20(14-23(19)25)24-8-7-17(3)26-24;/h7-12,14H,4-6,13H2,1-3H3;. The molecule has 134 valence electrons. The van der Waals surface area contributed by atoms with Gasteiger partial charge in [-0.3, -0.25) is 0 Å². The molecule has 0 spiro atoms. The zero-order valence-electron chi connectivity index (χ0n) is 16.3. The van der Waals surface area contributed by atoms with Crippen molar-refractivity contribution in [2.45, 2.75) is 46.5 Å². The van der Waals surface area contributed by atoms with Crippen LogP contribution in [0.1, 0.15) is 51.3 Å². The Morgan fingerprint density at radius 1 is 0.852 bits per heavy atom. The maximum atomic E-state index is 5.91. The molecule has 3 aromatic rings. The number of allylic oxidation sites excluding steroid dienone is 1. The minimum Gasteiger partial charge on any atom is -0.462 e. The molecule has 0 amide bonds. The topological polar surface area (TPSA) is 13.1 Å². The van der Waals surface area contributed by atoms with Gasteiger partial charge in [-0.25, -0.2) is 0 Å². The van der Waals surface area contributed by atoms with E-state index in [1.54, 1.807) is 11.1 Å². The van der Waals surface area contributed by atoms with Gasteiger partial charge >= 0.3 is 0 Å². The van der Waals surface area contributed by atoms with Crippen LogP contribution in [0.5, 0.6) is 0 Å². The number of hydrogen-bond donors (Lipinski definition) is 0. The Hall–Kier alpha value is -1.66. The van der Waals surface area contributed by atoms with Crippen molar-refractivity contribution in [3.63, 3.8) is 0 Å². The van der Waals surface area contributed by atoms with Gasteiger partial charge in [-0.1, -0.05) is 35.4 Å². The SMILES string of the molecule is Cc1cc(C)cc(-c2c3c(cc4c2CCC4)CC(c2ccc(C)o2)=C3)c1.[Zr]. The molecule has 27 heavy (non-hydrogen) atoms. The quantitative estimate of drug-likeness (QED) is 0.454. The first-order valence-electron chi connectivity index (χ1n) is 9.62. The minimum absolute atomic E-state index is 0. The molecular formula is C25H24OZr. The molecule has 0 fully saturated rings. The normalized spacial score (nSPS) is 14.6. The van der Waals surface area contributed by atoms with E-state index in [9.17, 15) is 0 Å². The van der Waals surface area contributed by atoms with Crippen molar-refractivity contribution in [2.24, 2.45) is 0 Å². The Morgan fingerprint density at radius 3 is 2.33 bits per heavy atom. The van der Waals surface area contributed by atoms with Crippen molar-refractivity contribution >= 4 is 11.6 Å². The minimum atomic E-state index is 0. The molecule has 0 radical (unpaired) electrons. The summed E-state index contributed by atoms with van der Waals surface area (Å²) in [6.07, 6.45) is 7.06. The number of aryl methyl sites for hydroxylation is 4. The molecule has 1 nitrogen and oxygen atoms in total.